The zero-order chi connectivity index (χ0) is 22.4. The largest absolute Gasteiger partial charge is 0.422 e. The molecule has 0 atom stereocenters. The maximum absolute atomic E-state index is 13.0. The molecule has 0 saturated heterocycles. The summed E-state index contributed by atoms with van der Waals surface area (Å²) in [4.78, 5) is 39.9. The van der Waals surface area contributed by atoms with Crippen molar-refractivity contribution in [2.24, 2.45) is 0 Å². The zero-order valence-corrected chi connectivity index (χ0v) is 17.9. The first kappa shape index (κ1) is 20.0. The van der Waals surface area contributed by atoms with Gasteiger partial charge in [-0.25, -0.2) is 4.79 Å². The van der Waals surface area contributed by atoms with Gasteiger partial charge in [-0.05, 0) is 34.9 Å². The van der Waals surface area contributed by atoms with Gasteiger partial charge < -0.3 is 14.6 Å². The fourth-order valence-electron chi connectivity index (χ4n) is 4.08. The minimum atomic E-state index is -0.743. The van der Waals surface area contributed by atoms with Crippen LogP contribution in [0.1, 0.15) is 33.3 Å². The lowest BCUT2D eigenvalue weighted by molar-refractivity contribution is -0.129. The molecule has 4 aromatic rings. The van der Waals surface area contributed by atoms with Crippen LogP contribution in [0.4, 0.5) is 5.00 Å². The average Bonchev–Trinajstić information content (AvgIpc) is 3.14. The van der Waals surface area contributed by atoms with Gasteiger partial charge in [-0.3, -0.25) is 9.59 Å². The molecule has 2 amide bonds. The quantitative estimate of drug-likeness (QED) is 0.372. The molecule has 2 aromatic carbocycles. The van der Waals surface area contributed by atoms with Gasteiger partial charge in [-0.15, -0.1) is 11.3 Å². The van der Waals surface area contributed by atoms with Crippen molar-refractivity contribution in [1.29, 1.82) is 5.26 Å². The molecule has 7 nitrogen and oxygen atoms in total. The number of nitrogens with one attached hydrogen (secondary N) is 1. The number of carbonyl (C=O) groups excluding carboxylic acids is 2. The summed E-state index contributed by atoms with van der Waals surface area (Å²) in [6, 6.07) is 14.9. The van der Waals surface area contributed by atoms with Gasteiger partial charge in [0.1, 0.15) is 22.2 Å². The Bertz CT molecular complexity index is 1530. The minimum Gasteiger partial charge on any atom is -0.422 e. The summed E-state index contributed by atoms with van der Waals surface area (Å²) in [5.74, 6) is -0.666. The predicted octanol–water partition coefficient (Wildman–Crippen LogP) is 4.04. The molecule has 8 heteroatoms. The molecular formula is C24H17N3O4S. The lowest BCUT2D eigenvalue weighted by Gasteiger charge is -2.25. The van der Waals surface area contributed by atoms with Crippen LogP contribution in [0.15, 0.2) is 51.7 Å². The van der Waals surface area contributed by atoms with E-state index in [9.17, 15) is 19.6 Å². The van der Waals surface area contributed by atoms with Gasteiger partial charge in [0.05, 0.1) is 12.1 Å². The monoisotopic (exact) mass is 443 g/mol. The highest BCUT2D eigenvalue weighted by Gasteiger charge is 2.27. The molecule has 0 fully saturated rings. The van der Waals surface area contributed by atoms with Crippen LogP contribution in [0.25, 0.3) is 21.7 Å². The third-order valence-electron chi connectivity index (χ3n) is 5.73. The van der Waals surface area contributed by atoms with E-state index in [2.05, 4.69) is 11.4 Å². The summed E-state index contributed by atoms with van der Waals surface area (Å²) in [7, 11) is 0. The SMILES string of the molecule is CC(=O)N1CCc2c(sc(NC(=O)c3cc4c(ccc5ccccc54)oc3=O)c2C#N)C1. The van der Waals surface area contributed by atoms with Crippen LogP contribution in [0.2, 0.25) is 0 Å². The topological polar surface area (TPSA) is 103 Å². The zero-order valence-electron chi connectivity index (χ0n) is 17.1. The minimum absolute atomic E-state index is 0.0332. The van der Waals surface area contributed by atoms with Crippen LogP contribution in [0, 0.1) is 11.3 Å². The number of amides is 2. The second kappa shape index (κ2) is 7.62. The van der Waals surface area contributed by atoms with Crippen molar-refractivity contribution >= 4 is 49.9 Å². The van der Waals surface area contributed by atoms with Crippen LogP contribution in [0.5, 0.6) is 0 Å². The van der Waals surface area contributed by atoms with E-state index in [1.54, 1.807) is 11.0 Å². The molecular weight excluding hydrogens is 426 g/mol. The maximum Gasteiger partial charge on any atom is 0.349 e. The summed E-state index contributed by atoms with van der Waals surface area (Å²) in [6.45, 7) is 2.45. The second-order valence-corrected chi connectivity index (χ2v) is 8.72. The van der Waals surface area contributed by atoms with Crippen molar-refractivity contribution in [2.45, 2.75) is 19.9 Å². The number of hydrogen-bond donors (Lipinski definition) is 1. The number of fused-ring (bicyclic) bond motifs is 4. The summed E-state index contributed by atoms with van der Waals surface area (Å²) in [6.07, 6.45) is 0.550. The third-order valence-corrected chi connectivity index (χ3v) is 6.86. The lowest BCUT2D eigenvalue weighted by atomic mass is 10.0. The van der Waals surface area contributed by atoms with Gasteiger partial charge >= 0.3 is 5.63 Å². The van der Waals surface area contributed by atoms with Crippen LogP contribution < -0.4 is 10.9 Å². The number of rotatable bonds is 2. The third kappa shape index (κ3) is 3.24. The van der Waals surface area contributed by atoms with Crippen LogP contribution in [-0.4, -0.2) is 23.3 Å². The highest BCUT2D eigenvalue weighted by Crippen LogP contribution is 2.37. The molecule has 5 rings (SSSR count). The molecule has 2 aromatic heterocycles. The summed E-state index contributed by atoms with van der Waals surface area (Å²) in [5, 5.41) is 15.3. The summed E-state index contributed by atoms with van der Waals surface area (Å²) < 4.78 is 5.42. The summed E-state index contributed by atoms with van der Waals surface area (Å²) >= 11 is 1.26. The number of benzene rings is 2. The Kier molecular flexibility index (Phi) is 4.76. The molecule has 0 radical (unpaired) electrons. The van der Waals surface area contributed by atoms with Crippen LogP contribution >= 0.6 is 11.3 Å². The second-order valence-electron chi connectivity index (χ2n) is 7.61. The van der Waals surface area contributed by atoms with E-state index in [4.69, 9.17) is 4.42 Å². The Hall–Kier alpha value is -3.96. The number of anilines is 1. The normalized spacial score (nSPS) is 13.1. The van der Waals surface area contributed by atoms with E-state index in [1.165, 1.54) is 24.3 Å². The predicted molar refractivity (Wildman–Crippen MR) is 122 cm³/mol. The van der Waals surface area contributed by atoms with Crippen molar-refractivity contribution in [3.05, 3.63) is 74.5 Å². The fraction of sp³-hybridized carbons (Fsp3) is 0.167. The maximum atomic E-state index is 13.0. The number of carbonyl (C=O) groups is 2. The smallest absolute Gasteiger partial charge is 0.349 e. The van der Waals surface area contributed by atoms with Crippen molar-refractivity contribution in [1.82, 2.24) is 4.90 Å². The van der Waals surface area contributed by atoms with E-state index >= 15 is 0 Å². The van der Waals surface area contributed by atoms with Gasteiger partial charge in [0.25, 0.3) is 5.91 Å². The molecule has 0 spiro atoms. The molecule has 0 saturated carbocycles. The molecule has 3 heterocycles. The first-order chi connectivity index (χ1) is 15.5. The summed E-state index contributed by atoms with van der Waals surface area (Å²) in [5.41, 5.74) is 0.764. The molecule has 0 bridgehead atoms. The van der Waals surface area contributed by atoms with Crippen LogP contribution in [-0.2, 0) is 17.8 Å². The Morgan fingerprint density at radius 3 is 2.78 bits per heavy atom. The Morgan fingerprint density at radius 2 is 2.00 bits per heavy atom. The first-order valence-electron chi connectivity index (χ1n) is 10.0. The Labute approximate surface area is 186 Å². The number of nitriles is 1. The first-order valence-corrected chi connectivity index (χ1v) is 10.8. The van der Waals surface area contributed by atoms with Crippen molar-refractivity contribution < 1.29 is 14.0 Å². The molecule has 0 unspecified atom stereocenters. The van der Waals surface area contributed by atoms with Gasteiger partial charge in [0, 0.05) is 23.7 Å². The number of nitrogens with zero attached hydrogens (tertiary/aromatic N) is 2. The van der Waals surface area contributed by atoms with Crippen molar-refractivity contribution in [3.8, 4) is 6.07 Å². The molecule has 32 heavy (non-hydrogen) atoms. The Morgan fingerprint density at radius 1 is 1.19 bits per heavy atom. The van der Waals surface area contributed by atoms with Crippen molar-refractivity contribution in [2.75, 3.05) is 11.9 Å². The standard InChI is InChI=1S/C24H17N3O4S/c1-13(28)27-9-8-16-19(11-25)23(32-21(16)12-27)26-22(29)18-10-17-15-5-3-2-4-14(15)6-7-20(17)31-24(18)30/h2-7,10H,8-9,12H2,1H3,(H,26,29). The van der Waals surface area contributed by atoms with E-state index < -0.39 is 11.5 Å². The van der Waals surface area contributed by atoms with Gasteiger partial charge in [0.15, 0.2) is 0 Å². The lowest BCUT2D eigenvalue weighted by Crippen LogP contribution is -2.33. The van der Waals surface area contributed by atoms with Crippen molar-refractivity contribution in [3.63, 3.8) is 0 Å². The molecule has 1 N–H and O–H groups in total. The van der Waals surface area contributed by atoms with Gasteiger partial charge in [-0.1, -0.05) is 30.3 Å². The molecule has 1 aliphatic rings. The van der Waals surface area contributed by atoms with E-state index in [-0.39, 0.29) is 11.5 Å². The van der Waals surface area contributed by atoms with Crippen LogP contribution in [0.3, 0.4) is 0 Å². The average molecular weight is 443 g/mol. The molecule has 158 valence electrons. The van der Waals surface area contributed by atoms with E-state index in [0.29, 0.717) is 41.0 Å². The molecule has 0 aliphatic carbocycles. The van der Waals surface area contributed by atoms with Gasteiger partial charge in [-0.2, -0.15) is 5.26 Å². The highest BCUT2D eigenvalue weighted by atomic mass is 32.1. The molecule has 1 aliphatic heterocycles. The highest BCUT2D eigenvalue weighted by molar-refractivity contribution is 7.16. The van der Waals surface area contributed by atoms with E-state index in [0.717, 1.165) is 21.2 Å². The fourth-order valence-corrected chi connectivity index (χ4v) is 5.29. The Balaban J connectivity index is 1.54. The van der Waals surface area contributed by atoms with E-state index in [1.807, 2.05) is 30.3 Å². The van der Waals surface area contributed by atoms with Gasteiger partial charge in [0.2, 0.25) is 5.91 Å². The number of hydrogen-bond acceptors (Lipinski definition) is 6. The number of thiophene rings is 1.